The van der Waals surface area contributed by atoms with E-state index >= 15 is 0 Å². The van der Waals surface area contributed by atoms with Crippen LogP contribution < -0.4 is 10.6 Å². The molecule has 4 aromatic rings. The molecule has 3 heterocycles. The average molecular weight is 484 g/mol. The summed E-state index contributed by atoms with van der Waals surface area (Å²) in [6.45, 7) is 3.37. The standard InChI is InChI=1S/C24H23F3N6O2/c1-11-20(30-12(2)35-11)24(34)32-15-5-3-4-14(8-15)31-23-19(27)10-29-22(33-23)17-9-28-21-16(17)6-13(25)7-18(21)26/h6-7,9-10,14-15,28H,3-5,8H2,1-2H3,(H,32,34)(H,29,31,33)/t14-,15+/m0/s1. The van der Waals surface area contributed by atoms with Crippen LogP contribution in [0.3, 0.4) is 0 Å². The number of benzene rings is 1. The van der Waals surface area contributed by atoms with Gasteiger partial charge in [0.15, 0.2) is 29.0 Å². The first-order valence-electron chi connectivity index (χ1n) is 11.3. The van der Waals surface area contributed by atoms with E-state index in [2.05, 4.69) is 30.6 Å². The summed E-state index contributed by atoms with van der Waals surface area (Å²) in [6.07, 6.45) is 5.41. The Morgan fingerprint density at radius 1 is 1.11 bits per heavy atom. The fourth-order valence-electron chi connectivity index (χ4n) is 4.58. The van der Waals surface area contributed by atoms with Gasteiger partial charge in [0.05, 0.1) is 11.7 Å². The fourth-order valence-corrected chi connectivity index (χ4v) is 4.58. The van der Waals surface area contributed by atoms with E-state index < -0.39 is 17.5 Å². The number of carbonyl (C=O) groups excluding carboxylic acids is 1. The number of oxazole rings is 1. The fraction of sp³-hybridized carbons (Fsp3) is 0.333. The van der Waals surface area contributed by atoms with Gasteiger partial charge >= 0.3 is 0 Å². The minimum Gasteiger partial charge on any atom is -0.445 e. The van der Waals surface area contributed by atoms with Crippen molar-refractivity contribution in [2.75, 3.05) is 5.32 Å². The Bertz CT molecular complexity index is 1420. The zero-order valence-corrected chi connectivity index (χ0v) is 19.1. The molecule has 182 valence electrons. The van der Waals surface area contributed by atoms with Crippen LogP contribution in [0, 0.1) is 31.3 Å². The van der Waals surface area contributed by atoms with Gasteiger partial charge in [-0.3, -0.25) is 4.79 Å². The van der Waals surface area contributed by atoms with E-state index in [0.717, 1.165) is 31.5 Å². The van der Waals surface area contributed by atoms with Gasteiger partial charge < -0.3 is 20.0 Å². The maximum atomic E-state index is 14.6. The molecule has 2 atom stereocenters. The number of halogens is 3. The monoisotopic (exact) mass is 484 g/mol. The number of aromatic nitrogens is 4. The Hall–Kier alpha value is -3.89. The highest BCUT2D eigenvalue weighted by Crippen LogP contribution is 2.30. The highest BCUT2D eigenvalue weighted by molar-refractivity contribution is 5.94. The number of nitrogens with zero attached hydrogens (tertiary/aromatic N) is 3. The molecule has 0 aliphatic heterocycles. The van der Waals surface area contributed by atoms with Gasteiger partial charge in [0.1, 0.15) is 17.4 Å². The first kappa shape index (κ1) is 22.9. The summed E-state index contributed by atoms with van der Waals surface area (Å²) in [4.78, 5) is 27.8. The molecule has 11 heteroatoms. The lowest BCUT2D eigenvalue weighted by molar-refractivity contribution is 0.0920. The lowest BCUT2D eigenvalue weighted by Crippen LogP contribution is -2.42. The van der Waals surface area contributed by atoms with E-state index in [4.69, 9.17) is 4.42 Å². The van der Waals surface area contributed by atoms with Crippen molar-refractivity contribution < 1.29 is 22.4 Å². The van der Waals surface area contributed by atoms with Crippen molar-refractivity contribution in [3.63, 3.8) is 0 Å². The van der Waals surface area contributed by atoms with Crippen LogP contribution in [0.2, 0.25) is 0 Å². The van der Waals surface area contributed by atoms with Gasteiger partial charge in [-0.15, -0.1) is 0 Å². The summed E-state index contributed by atoms with van der Waals surface area (Å²) in [5.74, 6) is -1.43. The van der Waals surface area contributed by atoms with Crippen LogP contribution in [0.25, 0.3) is 22.3 Å². The number of amides is 1. The van der Waals surface area contributed by atoms with Gasteiger partial charge in [0.25, 0.3) is 5.91 Å². The molecule has 8 nitrogen and oxygen atoms in total. The minimum absolute atomic E-state index is 0.0128. The summed E-state index contributed by atoms with van der Waals surface area (Å²) >= 11 is 0. The normalized spacial score (nSPS) is 18.1. The lowest BCUT2D eigenvalue weighted by atomic mass is 9.91. The molecular weight excluding hydrogens is 461 g/mol. The molecule has 0 radical (unpaired) electrons. The maximum Gasteiger partial charge on any atom is 0.273 e. The zero-order valence-electron chi connectivity index (χ0n) is 19.1. The van der Waals surface area contributed by atoms with E-state index in [0.29, 0.717) is 23.6 Å². The average Bonchev–Trinajstić information content (AvgIpc) is 3.38. The number of carbonyl (C=O) groups is 1. The second-order valence-corrected chi connectivity index (χ2v) is 8.72. The van der Waals surface area contributed by atoms with Crippen LogP contribution in [0.15, 0.2) is 28.9 Å². The Labute approximate surface area is 198 Å². The van der Waals surface area contributed by atoms with Crippen molar-refractivity contribution in [2.45, 2.75) is 51.6 Å². The number of hydrogen-bond acceptors (Lipinski definition) is 6. The molecule has 0 spiro atoms. The van der Waals surface area contributed by atoms with Gasteiger partial charge in [0, 0.05) is 42.2 Å². The lowest BCUT2D eigenvalue weighted by Gasteiger charge is -2.30. The van der Waals surface area contributed by atoms with Crippen molar-refractivity contribution >= 4 is 22.6 Å². The molecule has 1 amide bonds. The molecular formula is C24H23F3N6O2. The number of H-pyrrole nitrogens is 1. The SMILES string of the molecule is Cc1nc(C(=O)N[C@@H]2CCC[C@H](Nc3nc(-c4c[nH]c5c(F)cc(F)cc45)ncc3F)C2)c(C)o1. The Morgan fingerprint density at radius 3 is 2.69 bits per heavy atom. The van der Waals surface area contributed by atoms with Crippen LogP contribution in [-0.2, 0) is 0 Å². The highest BCUT2D eigenvalue weighted by atomic mass is 19.1. The summed E-state index contributed by atoms with van der Waals surface area (Å²) in [5, 5.41) is 6.35. The van der Waals surface area contributed by atoms with Crippen molar-refractivity contribution in [2.24, 2.45) is 0 Å². The molecule has 0 saturated heterocycles. The molecule has 35 heavy (non-hydrogen) atoms. The molecule has 0 unspecified atom stereocenters. The first-order chi connectivity index (χ1) is 16.8. The van der Waals surface area contributed by atoms with Gasteiger partial charge in [-0.25, -0.2) is 28.1 Å². The molecule has 1 saturated carbocycles. The molecule has 3 N–H and O–H groups in total. The van der Waals surface area contributed by atoms with Crippen LogP contribution in [-0.4, -0.2) is 37.9 Å². The number of aromatic amines is 1. The van der Waals surface area contributed by atoms with Gasteiger partial charge in [-0.05, 0) is 38.7 Å². The Balaban J connectivity index is 1.33. The maximum absolute atomic E-state index is 14.6. The van der Waals surface area contributed by atoms with Crippen molar-refractivity contribution in [1.29, 1.82) is 0 Å². The van der Waals surface area contributed by atoms with Crippen LogP contribution >= 0.6 is 0 Å². The van der Waals surface area contributed by atoms with E-state index in [1.54, 1.807) is 13.8 Å². The number of hydrogen-bond donors (Lipinski definition) is 3. The molecule has 1 aromatic carbocycles. The summed E-state index contributed by atoms with van der Waals surface area (Å²) < 4.78 is 47.8. The number of aryl methyl sites for hydroxylation is 2. The number of fused-ring (bicyclic) bond motifs is 1. The predicted molar refractivity (Wildman–Crippen MR) is 122 cm³/mol. The van der Waals surface area contributed by atoms with E-state index in [1.807, 2.05) is 0 Å². The smallest absolute Gasteiger partial charge is 0.273 e. The first-order valence-corrected chi connectivity index (χ1v) is 11.3. The van der Waals surface area contributed by atoms with E-state index in [-0.39, 0.29) is 46.2 Å². The van der Waals surface area contributed by atoms with Crippen molar-refractivity contribution in [1.82, 2.24) is 25.3 Å². The third-order valence-electron chi connectivity index (χ3n) is 6.16. The van der Waals surface area contributed by atoms with Gasteiger partial charge in [-0.1, -0.05) is 0 Å². The van der Waals surface area contributed by atoms with Crippen LogP contribution in [0.1, 0.15) is 47.8 Å². The van der Waals surface area contributed by atoms with Gasteiger partial charge in [0.2, 0.25) is 0 Å². The van der Waals surface area contributed by atoms with E-state index in [9.17, 15) is 18.0 Å². The molecule has 3 aromatic heterocycles. The number of rotatable bonds is 5. The van der Waals surface area contributed by atoms with E-state index in [1.165, 1.54) is 12.3 Å². The molecule has 1 aliphatic carbocycles. The Morgan fingerprint density at radius 2 is 1.91 bits per heavy atom. The van der Waals surface area contributed by atoms with Crippen molar-refractivity contribution in [3.05, 3.63) is 59.3 Å². The Kier molecular flexibility index (Phi) is 5.91. The van der Waals surface area contributed by atoms with Crippen LogP contribution in [0.4, 0.5) is 19.0 Å². The minimum atomic E-state index is -0.738. The molecule has 1 fully saturated rings. The molecule has 1 aliphatic rings. The zero-order chi connectivity index (χ0) is 24.7. The topological polar surface area (TPSA) is 109 Å². The number of nitrogens with one attached hydrogen (secondary N) is 3. The second-order valence-electron chi connectivity index (χ2n) is 8.72. The number of anilines is 1. The summed E-state index contributed by atoms with van der Waals surface area (Å²) in [6, 6.07) is 1.68. The quantitative estimate of drug-likeness (QED) is 0.376. The molecule has 0 bridgehead atoms. The van der Waals surface area contributed by atoms with Crippen LogP contribution in [0.5, 0.6) is 0 Å². The van der Waals surface area contributed by atoms with Crippen molar-refractivity contribution in [3.8, 4) is 11.4 Å². The predicted octanol–water partition coefficient (Wildman–Crippen LogP) is 4.80. The highest BCUT2D eigenvalue weighted by Gasteiger charge is 2.27. The third-order valence-corrected chi connectivity index (χ3v) is 6.16. The largest absolute Gasteiger partial charge is 0.445 e. The summed E-state index contributed by atoms with van der Waals surface area (Å²) in [5.41, 5.74) is 0.733. The third kappa shape index (κ3) is 4.58. The second kappa shape index (κ2) is 9.05. The summed E-state index contributed by atoms with van der Waals surface area (Å²) in [7, 11) is 0. The van der Waals surface area contributed by atoms with Gasteiger partial charge in [-0.2, -0.15) is 0 Å². The molecule has 5 rings (SSSR count).